The highest BCUT2D eigenvalue weighted by Crippen LogP contribution is 2.31. The number of ether oxygens (including phenoxy) is 2. The minimum atomic E-state index is -0.187. The summed E-state index contributed by atoms with van der Waals surface area (Å²) in [4.78, 5) is 16.5. The van der Waals surface area contributed by atoms with Crippen molar-refractivity contribution in [1.82, 2.24) is 4.98 Å². The van der Waals surface area contributed by atoms with Crippen LogP contribution in [0.1, 0.15) is 0 Å². The summed E-state index contributed by atoms with van der Waals surface area (Å²) in [5.74, 6) is -0.187. The van der Waals surface area contributed by atoms with Crippen LogP contribution in [0.2, 0.25) is 0 Å². The van der Waals surface area contributed by atoms with E-state index in [-0.39, 0.29) is 12.5 Å². The fraction of sp³-hybridized carbons (Fsp3) is 0.222. The molecule has 0 unspecified atom stereocenters. The van der Waals surface area contributed by atoms with E-state index in [1.54, 1.807) is 18.4 Å². The number of nitrogens with zero attached hydrogens (tertiary/aromatic N) is 1. The van der Waals surface area contributed by atoms with Crippen molar-refractivity contribution in [3.05, 3.63) is 48.5 Å². The summed E-state index contributed by atoms with van der Waals surface area (Å²) in [5, 5.41) is 3.77. The lowest BCUT2D eigenvalue weighted by atomic mass is 10.2. The highest BCUT2D eigenvalue weighted by atomic mass is 32.1. The smallest absolute Gasteiger partial charge is 0.250 e. The minimum Gasteiger partial charge on any atom is -0.382 e. The Hall–Kier alpha value is -2.28. The molecule has 0 saturated heterocycles. The molecule has 1 heterocycles. The molecule has 0 saturated carbocycles. The molecule has 0 atom stereocenters. The van der Waals surface area contributed by atoms with Crippen molar-refractivity contribution < 1.29 is 14.3 Å². The van der Waals surface area contributed by atoms with Gasteiger partial charge in [0.25, 0.3) is 0 Å². The minimum absolute atomic E-state index is 0.00866. The van der Waals surface area contributed by atoms with Crippen molar-refractivity contribution >= 4 is 33.1 Å². The van der Waals surface area contributed by atoms with Crippen LogP contribution in [0.5, 0.6) is 0 Å². The predicted molar refractivity (Wildman–Crippen MR) is 96.4 cm³/mol. The largest absolute Gasteiger partial charge is 0.382 e. The Bertz CT molecular complexity index is 799. The van der Waals surface area contributed by atoms with Crippen LogP contribution in [0.3, 0.4) is 0 Å². The fourth-order valence-electron chi connectivity index (χ4n) is 2.23. The molecule has 5 nitrogen and oxygen atoms in total. The van der Waals surface area contributed by atoms with Gasteiger partial charge < -0.3 is 14.8 Å². The molecule has 0 aliphatic carbocycles. The van der Waals surface area contributed by atoms with Crippen LogP contribution in [0, 0.1) is 0 Å². The van der Waals surface area contributed by atoms with E-state index < -0.39 is 0 Å². The van der Waals surface area contributed by atoms with Crippen LogP contribution in [-0.2, 0) is 14.3 Å². The zero-order chi connectivity index (χ0) is 16.8. The van der Waals surface area contributed by atoms with E-state index in [0.29, 0.717) is 13.2 Å². The maximum absolute atomic E-state index is 11.9. The number of amides is 1. The van der Waals surface area contributed by atoms with Crippen molar-refractivity contribution in [2.75, 3.05) is 32.2 Å². The standard InChI is InChI=1S/C18H18N2O3S/c1-22-9-10-23-12-17(21)19-14-6-4-5-13(11-14)18-20-15-7-2-3-8-16(15)24-18/h2-8,11H,9-10,12H2,1H3,(H,19,21). The number of carbonyl (C=O) groups is 1. The molecule has 0 radical (unpaired) electrons. The number of fused-ring (bicyclic) bond motifs is 1. The van der Waals surface area contributed by atoms with Gasteiger partial charge in [-0.3, -0.25) is 4.79 Å². The van der Waals surface area contributed by atoms with Crippen LogP contribution >= 0.6 is 11.3 Å². The molecule has 3 rings (SSSR count). The third kappa shape index (κ3) is 4.17. The number of thiazole rings is 1. The first-order valence-corrected chi connectivity index (χ1v) is 8.40. The number of carbonyl (C=O) groups excluding carboxylic acids is 1. The van der Waals surface area contributed by atoms with Gasteiger partial charge in [0, 0.05) is 18.4 Å². The number of hydrogen-bond acceptors (Lipinski definition) is 5. The number of anilines is 1. The molecule has 3 aromatic rings. The molecular weight excluding hydrogens is 324 g/mol. The van der Waals surface area contributed by atoms with E-state index in [2.05, 4.69) is 16.4 Å². The third-order valence-electron chi connectivity index (χ3n) is 3.35. The normalized spacial score (nSPS) is 10.9. The first kappa shape index (κ1) is 16.6. The summed E-state index contributed by atoms with van der Waals surface area (Å²) in [6.45, 7) is 0.880. The second-order valence-corrected chi connectivity index (χ2v) is 6.19. The van der Waals surface area contributed by atoms with Gasteiger partial charge in [0.1, 0.15) is 11.6 Å². The summed E-state index contributed by atoms with van der Waals surface area (Å²) in [6, 6.07) is 15.7. The van der Waals surface area contributed by atoms with Gasteiger partial charge in [-0.25, -0.2) is 4.98 Å². The lowest BCUT2D eigenvalue weighted by molar-refractivity contribution is -0.121. The molecule has 0 bridgehead atoms. The van der Waals surface area contributed by atoms with Crippen LogP contribution in [-0.4, -0.2) is 37.8 Å². The topological polar surface area (TPSA) is 60.5 Å². The lowest BCUT2D eigenvalue weighted by Gasteiger charge is -2.07. The quantitative estimate of drug-likeness (QED) is 0.667. The number of nitrogens with one attached hydrogen (secondary N) is 1. The van der Waals surface area contributed by atoms with Gasteiger partial charge in [-0.1, -0.05) is 24.3 Å². The van der Waals surface area contributed by atoms with Crippen molar-refractivity contribution in [2.24, 2.45) is 0 Å². The lowest BCUT2D eigenvalue weighted by Crippen LogP contribution is -2.19. The average Bonchev–Trinajstić information content (AvgIpc) is 3.03. The average molecular weight is 342 g/mol. The van der Waals surface area contributed by atoms with Crippen LogP contribution < -0.4 is 5.32 Å². The van der Waals surface area contributed by atoms with Gasteiger partial charge in [-0.15, -0.1) is 11.3 Å². The molecule has 0 spiro atoms. The molecule has 2 aromatic carbocycles. The summed E-state index contributed by atoms with van der Waals surface area (Å²) in [7, 11) is 1.59. The molecule has 1 amide bonds. The number of aromatic nitrogens is 1. The second-order valence-electron chi connectivity index (χ2n) is 5.16. The number of hydrogen-bond donors (Lipinski definition) is 1. The van der Waals surface area contributed by atoms with Gasteiger partial charge in [0.05, 0.1) is 23.4 Å². The Labute approximate surface area is 144 Å². The number of benzene rings is 2. The van der Waals surface area contributed by atoms with Crippen molar-refractivity contribution in [3.63, 3.8) is 0 Å². The zero-order valence-electron chi connectivity index (χ0n) is 13.3. The van der Waals surface area contributed by atoms with Crippen molar-refractivity contribution in [3.8, 4) is 10.6 Å². The molecule has 0 fully saturated rings. The Morgan fingerprint density at radius 2 is 2.04 bits per heavy atom. The van der Waals surface area contributed by atoms with E-state index in [9.17, 15) is 4.79 Å². The molecule has 1 N–H and O–H groups in total. The molecule has 1 aromatic heterocycles. The molecule has 0 aliphatic rings. The van der Waals surface area contributed by atoms with Gasteiger partial charge in [0.15, 0.2) is 0 Å². The number of rotatable bonds is 7. The Kier molecular flexibility index (Phi) is 5.53. The molecular formula is C18H18N2O3S. The number of methoxy groups -OCH3 is 1. The van der Waals surface area contributed by atoms with Gasteiger partial charge in [-0.2, -0.15) is 0 Å². The van der Waals surface area contributed by atoms with Gasteiger partial charge in [-0.05, 0) is 24.3 Å². The highest BCUT2D eigenvalue weighted by Gasteiger charge is 2.08. The predicted octanol–water partition coefficient (Wildman–Crippen LogP) is 3.56. The molecule has 24 heavy (non-hydrogen) atoms. The van der Waals surface area contributed by atoms with E-state index >= 15 is 0 Å². The van der Waals surface area contributed by atoms with Crippen LogP contribution in [0.4, 0.5) is 5.69 Å². The fourth-order valence-corrected chi connectivity index (χ4v) is 3.19. The Morgan fingerprint density at radius 1 is 1.17 bits per heavy atom. The first-order valence-electron chi connectivity index (χ1n) is 7.59. The maximum Gasteiger partial charge on any atom is 0.250 e. The molecule has 0 aliphatic heterocycles. The third-order valence-corrected chi connectivity index (χ3v) is 4.44. The van der Waals surface area contributed by atoms with E-state index in [1.807, 2.05) is 42.5 Å². The first-order chi connectivity index (χ1) is 11.8. The Balaban J connectivity index is 1.68. The van der Waals surface area contributed by atoms with Crippen molar-refractivity contribution in [2.45, 2.75) is 0 Å². The zero-order valence-corrected chi connectivity index (χ0v) is 14.1. The van der Waals surface area contributed by atoms with E-state index in [1.165, 1.54) is 0 Å². The summed E-state index contributed by atoms with van der Waals surface area (Å²) < 4.78 is 11.2. The SMILES string of the molecule is COCCOCC(=O)Nc1cccc(-c2nc3ccccc3s2)c1. The molecule has 6 heteroatoms. The molecule has 124 valence electrons. The van der Waals surface area contributed by atoms with Gasteiger partial charge in [0.2, 0.25) is 5.91 Å². The monoisotopic (exact) mass is 342 g/mol. The van der Waals surface area contributed by atoms with Crippen LogP contribution in [0.25, 0.3) is 20.8 Å². The summed E-state index contributed by atoms with van der Waals surface area (Å²) in [5.41, 5.74) is 2.69. The van der Waals surface area contributed by atoms with Crippen LogP contribution in [0.15, 0.2) is 48.5 Å². The van der Waals surface area contributed by atoms with Gasteiger partial charge >= 0.3 is 0 Å². The summed E-state index contributed by atoms with van der Waals surface area (Å²) >= 11 is 1.63. The number of para-hydroxylation sites is 1. The maximum atomic E-state index is 11.9. The second kappa shape index (κ2) is 8.01. The Morgan fingerprint density at radius 3 is 2.88 bits per heavy atom. The highest BCUT2D eigenvalue weighted by molar-refractivity contribution is 7.21. The van der Waals surface area contributed by atoms with E-state index in [0.717, 1.165) is 26.5 Å². The van der Waals surface area contributed by atoms with Crippen molar-refractivity contribution in [1.29, 1.82) is 0 Å². The van der Waals surface area contributed by atoms with E-state index in [4.69, 9.17) is 9.47 Å². The summed E-state index contributed by atoms with van der Waals surface area (Å²) in [6.07, 6.45) is 0.